The Hall–Kier alpha value is -3.01. The molecule has 1 saturated carbocycles. The maximum absolute atomic E-state index is 14.0. The van der Waals surface area contributed by atoms with Gasteiger partial charge in [-0.05, 0) is 50.8 Å². The molecule has 0 atom stereocenters. The number of fused-ring (bicyclic) bond motifs is 1. The van der Waals surface area contributed by atoms with Gasteiger partial charge in [-0.2, -0.15) is 14.6 Å². The van der Waals surface area contributed by atoms with Gasteiger partial charge in [0.25, 0.3) is 5.78 Å². The van der Waals surface area contributed by atoms with Crippen molar-refractivity contribution in [3.8, 4) is 0 Å². The summed E-state index contributed by atoms with van der Waals surface area (Å²) < 4.78 is 28.3. The number of aryl methyl sites for hydroxylation is 3. The topological polar surface area (TPSA) is 101 Å². The van der Waals surface area contributed by atoms with Crippen LogP contribution in [0.4, 0.5) is 5.82 Å². The lowest BCUT2D eigenvalue weighted by Gasteiger charge is -2.40. The van der Waals surface area contributed by atoms with Gasteiger partial charge in [0.05, 0.1) is 4.90 Å². The third-order valence-electron chi connectivity index (χ3n) is 7.20. The minimum atomic E-state index is -3.83. The Morgan fingerprint density at radius 1 is 1.00 bits per heavy atom. The Balaban J connectivity index is 1.41. The van der Waals surface area contributed by atoms with E-state index in [0.29, 0.717) is 55.3 Å². The number of amides is 1. The number of hydrogen-bond acceptors (Lipinski definition) is 7. The standard InChI is InChI=1S/C24H30N6O3S/c1-17-6-7-18(2)20(14-17)34(32,33)24(8-4-5-9-24)22(31)29-12-10-28(11-13-29)21-15-19(3)27-23-25-16-26-30(21)23/h6-7,14-16H,4-5,8-13H2,1-3H3. The number of nitrogens with zero attached hydrogens (tertiary/aromatic N) is 6. The molecule has 0 spiro atoms. The normalized spacial score (nSPS) is 18.6. The number of benzene rings is 1. The number of piperazine rings is 1. The minimum Gasteiger partial charge on any atom is -0.353 e. The van der Waals surface area contributed by atoms with Gasteiger partial charge in [-0.3, -0.25) is 4.79 Å². The average Bonchev–Trinajstić information content (AvgIpc) is 3.50. The fourth-order valence-electron chi connectivity index (χ4n) is 5.31. The quantitative estimate of drug-likeness (QED) is 0.563. The maximum atomic E-state index is 14.0. The van der Waals surface area contributed by atoms with E-state index >= 15 is 0 Å². The summed E-state index contributed by atoms with van der Waals surface area (Å²) in [4.78, 5) is 26.7. The Morgan fingerprint density at radius 3 is 2.41 bits per heavy atom. The summed E-state index contributed by atoms with van der Waals surface area (Å²) in [6.45, 7) is 7.70. The highest BCUT2D eigenvalue weighted by Crippen LogP contribution is 2.43. The van der Waals surface area contributed by atoms with E-state index in [1.54, 1.807) is 22.4 Å². The van der Waals surface area contributed by atoms with Crippen molar-refractivity contribution in [2.24, 2.45) is 0 Å². The van der Waals surface area contributed by atoms with Gasteiger partial charge in [-0.15, -0.1) is 0 Å². The number of hydrogen-bond donors (Lipinski definition) is 0. The molecule has 180 valence electrons. The van der Waals surface area contributed by atoms with Gasteiger partial charge in [0, 0.05) is 37.9 Å². The van der Waals surface area contributed by atoms with Crippen LogP contribution in [0.5, 0.6) is 0 Å². The van der Waals surface area contributed by atoms with Crippen molar-refractivity contribution in [2.75, 3.05) is 31.1 Å². The Labute approximate surface area is 199 Å². The number of carbonyl (C=O) groups excluding carboxylic acids is 1. The van der Waals surface area contributed by atoms with Crippen molar-refractivity contribution in [3.05, 3.63) is 47.4 Å². The number of sulfone groups is 1. The number of anilines is 1. The molecule has 1 aliphatic heterocycles. The van der Waals surface area contributed by atoms with Crippen LogP contribution in [-0.2, 0) is 14.6 Å². The monoisotopic (exact) mass is 482 g/mol. The van der Waals surface area contributed by atoms with Crippen LogP contribution < -0.4 is 4.90 Å². The van der Waals surface area contributed by atoms with Crippen molar-refractivity contribution in [1.29, 1.82) is 0 Å². The van der Waals surface area contributed by atoms with Crippen LogP contribution in [0.1, 0.15) is 42.5 Å². The van der Waals surface area contributed by atoms with E-state index in [9.17, 15) is 13.2 Å². The van der Waals surface area contributed by atoms with Crippen molar-refractivity contribution in [2.45, 2.75) is 56.1 Å². The predicted octanol–water partition coefficient (Wildman–Crippen LogP) is 2.48. The van der Waals surface area contributed by atoms with Crippen LogP contribution >= 0.6 is 0 Å². The highest BCUT2D eigenvalue weighted by Gasteiger charge is 2.55. The van der Waals surface area contributed by atoms with E-state index in [4.69, 9.17) is 0 Å². The molecule has 34 heavy (non-hydrogen) atoms. The molecule has 1 amide bonds. The molecule has 2 aromatic heterocycles. The zero-order chi connectivity index (χ0) is 24.1. The lowest BCUT2D eigenvalue weighted by Crippen LogP contribution is -2.57. The zero-order valence-corrected chi connectivity index (χ0v) is 20.7. The van der Waals surface area contributed by atoms with Gasteiger partial charge in [-0.25, -0.2) is 13.4 Å². The van der Waals surface area contributed by atoms with E-state index in [1.807, 2.05) is 32.0 Å². The van der Waals surface area contributed by atoms with E-state index in [1.165, 1.54) is 6.33 Å². The summed E-state index contributed by atoms with van der Waals surface area (Å²) in [6, 6.07) is 7.41. The summed E-state index contributed by atoms with van der Waals surface area (Å²) in [5.74, 6) is 1.17. The fourth-order valence-corrected chi connectivity index (χ4v) is 7.75. The summed E-state index contributed by atoms with van der Waals surface area (Å²) in [5.41, 5.74) is 2.42. The number of rotatable bonds is 4. The van der Waals surface area contributed by atoms with Crippen LogP contribution in [0.3, 0.4) is 0 Å². The third-order valence-corrected chi connectivity index (χ3v) is 9.83. The molecule has 3 aromatic rings. The van der Waals surface area contributed by atoms with Crippen LogP contribution in [0, 0.1) is 20.8 Å². The van der Waals surface area contributed by atoms with Gasteiger partial charge in [-0.1, -0.05) is 25.0 Å². The SMILES string of the molecule is Cc1ccc(C)c(S(=O)(=O)C2(C(=O)N3CCN(c4cc(C)nc5ncnn45)CC3)CCCC2)c1. The summed E-state index contributed by atoms with van der Waals surface area (Å²) in [5, 5.41) is 4.29. The molecular formula is C24H30N6O3S. The second-order valence-electron chi connectivity index (χ2n) is 9.48. The minimum absolute atomic E-state index is 0.248. The predicted molar refractivity (Wildman–Crippen MR) is 129 cm³/mol. The van der Waals surface area contributed by atoms with Gasteiger partial charge < -0.3 is 9.80 Å². The Morgan fingerprint density at radius 2 is 1.71 bits per heavy atom. The highest BCUT2D eigenvalue weighted by atomic mass is 32.2. The highest BCUT2D eigenvalue weighted by molar-refractivity contribution is 7.93. The van der Waals surface area contributed by atoms with Gasteiger partial charge in [0.15, 0.2) is 14.6 Å². The first-order chi connectivity index (χ1) is 16.2. The van der Waals surface area contributed by atoms with Crippen molar-refractivity contribution >= 4 is 27.3 Å². The van der Waals surface area contributed by atoms with E-state index in [2.05, 4.69) is 20.0 Å². The first-order valence-electron chi connectivity index (χ1n) is 11.8. The van der Waals surface area contributed by atoms with E-state index < -0.39 is 14.6 Å². The van der Waals surface area contributed by atoms with Crippen LogP contribution in [0.15, 0.2) is 35.5 Å². The van der Waals surface area contributed by atoms with Crippen molar-refractivity contribution in [1.82, 2.24) is 24.5 Å². The molecule has 0 unspecified atom stereocenters. The molecule has 3 heterocycles. The Bertz CT molecular complexity index is 1350. The summed E-state index contributed by atoms with van der Waals surface area (Å²) >= 11 is 0. The lowest BCUT2D eigenvalue weighted by atomic mass is 10.0. The smallest absolute Gasteiger partial charge is 0.254 e. The van der Waals surface area contributed by atoms with Crippen LogP contribution in [-0.4, -0.2) is 69.7 Å². The molecule has 9 nitrogen and oxygen atoms in total. The largest absolute Gasteiger partial charge is 0.353 e. The van der Waals surface area contributed by atoms with Crippen molar-refractivity contribution < 1.29 is 13.2 Å². The molecule has 0 bridgehead atoms. The van der Waals surface area contributed by atoms with Gasteiger partial charge in [0.2, 0.25) is 5.91 Å². The average molecular weight is 483 g/mol. The molecular weight excluding hydrogens is 452 g/mol. The Kier molecular flexibility index (Phi) is 5.58. The summed E-state index contributed by atoms with van der Waals surface area (Å²) in [7, 11) is -3.83. The molecule has 1 aromatic carbocycles. The number of carbonyl (C=O) groups is 1. The van der Waals surface area contributed by atoms with Gasteiger partial charge in [0.1, 0.15) is 12.1 Å². The van der Waals surface area contributed by atoms with E-state index in [-0.39, 0.29) is 5.91 Å². The van der Waals surface area contributed by atoms with Crippen LogP contribution in [0.2, 0.25) is 0 Å². The molecule has 0 N–H and O–H groups in total. The second kappa shape index (κ2) is 8.33. The molecule has 1 aliphatic carbocycles. The first kappa shape index (κ1) is 22.8. The maximum Gasteiger partial charge on any atom is 0.254 e. The van der Waals surface area contributed by atoms with Gasteiger partial charge >= 0.3 is 0 Å². The van der Waals surface area contributed by atoms with Crippen LogP contribution in [0.25, 0.3) is 5.78 Å². The number of aromatic nitrogens is 4. The first-order valence-corrected chi connectivity index (χ1v) is 13.2. The third kappa shape index (κ3) is 3.55. The second-order valence-corrected chi connectivity index (χ2v) is 11.7. The molecule has 2 fully saturated rings. The fraction of sp³-hybridized carbons (Fsp3) is 0.500. The molecule has 2 aliphatic rings. The molecule has 0 radical (unpaired) electrons. The molecule has 10 heteroatoms. The zero-order valence-electron chi connectivity index (χ0n) is 19.9. The molecule has 1 saturated heterocycles. The molecule has 5 rings (SSSR count). The van der Waals surface area contributed by atoms with Crippen molar-refractivity contribution in [3.63, 3.8) is 0 Å². The lowest BCUT2D eigenvalue weighted by molar-refractivity contribution is -0.134. The summed E-state index contributed by atoms with van der Waals surface area (Å²) in [6.07, 6.45) is 3.73. The van der Waals surface area contributed by atoms with E-state index in [0.717, 1.165) is 29.9 Å².